The zero-order valence-electron chi connectivity index (χ0n) is 14.5. The van der Waals surface area contributed by atoms with Crippen molar-refractivity contribution < 1.29 is 9.53 Å². The first kappa shape index (κ1) is 16.4. The van der Waals surface area contributed by atoms with E-state index in [2.05, 4.69) is 43.2 Å². The Hall–Kier alpha value is -1.51. The van der Waals surface area contributed by atoms with Crippen LogP contribution in [0.5, 0.6) is 0 Å². The van der Waals surface area contributed by atoms with Crippen molar-refractivity contribution in [2.75, 3.05) is 6.61 Å². The van der Waals surface area contributed by atoms with Gasteiger partial charge in [-0.3, -0.25) is 0 Å². The molecule has 0 spiro atoms. The number of allylic oxidation sites excluding steroid dienone is 2. The van der Waals surface area contributed by atoms with Gasteiger partial charge in [0.05, 0.1) is 12.1 Å². The molecule has 23 heavy (non-hydrogen) atoms. The predicted octanol–water partition coefficient (Wildman–Crippen LogP) is 4.36. The van der Waals surface area contributed by atoms with Gasteiger partial charge in [0.25, 0.3) is 0 Å². The van der Waals surface area contributed by atoms with Crippen molar-refractivity contribution >= 4 is 6.29 Å². The van der Waals surface area contributed by atoms with Crippen LogP contribution >= 0.6 is 0 Å². The maximum atomic E-state index is 12.0. The summed E-state index contributed by atoms with van der Waals surface area (Å²) in [6.45, 7) is 5.28. The Labute approximate surface area is 140 Å². The number of aldehydes is 1. The molecule has 1 heterocycles. The fraction of sp³-hybridized carbons (Fsp3) is 0.650. The molecule has 0 N–H and O–H groups in total. The molecule has 0 unspecified atom stereocenters. The molecule has 0 aromatic heterocycles. The Balaban J connectivity index is 1.85. The summed E-state index contributed by atoms with van der Waals surface area (Å²) in [5.41, 5.74) is -0.673. The molecular weight excluding hydrogens is 286 g/mol. The van der Waals surface area contributed by atoms with Gasteiger partial charge in [0.15, 0.2) is 0 Å². The van der Waals surface area contributed by atoms with Gasteiger partial charge in [-0.1, -0.05) is 31.9 Å². The second kappa shape index (κ2) is 6.54. The summed E-state index contributed by atoms with van der Waals surface area (Å²) in [6, 6.07) is 0. The summed E-state index contributed by atoms with van der Waals surface area (Å²) < 4.78 is 6.23. The van der Waals surface area contributed by atoms with Crippen molar-refractivity contribution in [1.29, 1.82) is 0 Å². The Kier molecular flexibility index (Phi) is 4.65. The third-order valence-electron chi connectivity index (χ3n) is 5.54. The van der Waals surface area contributed by atoms with Gasteiger partial charge in [-0.2, -0.15) is 0 Å². The van der Waals surface area contributed by atoms with Crippen LogP contribution in [-0.2, 0) is 9.53 Å². The highest BCUT2D eigenvalue weighted by atomic mass is 16.5. The summed E-state index contributed by atoms with van der Waals surface area (Å²) in [5.74, 6) is 1.77. The molecule has 1 fully saturated rings. The summed E-state index contributed by atoms with van der Waals surface area (Å²) in [4.78, 5) is 14.3. The molecule has 0 saturated heterocycles. The molecule has 1 aliphatic heterocycles. The molecule has 126 valence electrons. The van der Waals surface area contributed by atoms with Crippen LogP contribution in [0.25, 0.3) is 0 Å². The molecule has 3 nitrogen and oxygen atoms in total. The van der Waals surface area contributed by atoms with E-state index >= 15 is 0 Å². The Morgan fingerprint density at radius 3 is 2.70 bits per heavy atom. The predicted molar refractivity (Wildman–Crippen MR) is 92.8 cm³/mol. The minimum atomic E-state index is -0.443. The zero-order valence-corrected chi connectivity index (χ0v) is 14.5. The van der Waals surface area contributed by atoms with Crippen molar-refractivity contribution in [2.24, 2.45) is 5.92 Å². The molecule has 0 amide bonds. The van der Waals surface area contributed by atoms with Crippen LogP contribution in [0.1, 0.15) is 58.8 Å². The van der Waals surface area contributed by atoms with Crippen molar-refractivity contribution in [3.8, 4) is 0 Å². The van der Waals surface area contributed by atoms with E-state index in [0.717, 1.165) is 56.7 Å². The Morgan fingerprint density at radius 2 is 2.09 bits per heavy atom. The molecule has 0 radical (unpaired) electrons. The standard InChI is InChI=1S/C20H29NO2/c1-3-4-11-19(2)18(23-15-17-9-10-17)8-7-14-21(19)20(16-22)12-5-6-13-20/h5-8,14,16-17H,3-4,9-13,15H2,1-2H3/t19-/m1/s1. The monoisotopic (exact) mass is 315 g/mol. The molecule has 1 saturated carbocycles. The van der Waals surface area contributed by atoms with Crippen LogP contribution in [-0.4, -0.2) is 28.9 Å². The van der Waals surface area contributed by atoms with Gasteiger partial charge < -0.3 is 14.4 Å². The SMILES string of the molecule is CCCC[C@]1(C)C(OCC2CC2)=CC=CN1C1(C=O)CC=CC1. The van der Waals surface area contributed by atoms with E-state index < -0.39 is 5.54 Å². The van der Waals surface area contributed by atoms with E-state index in [1.807, 2.05) is 6.08 Å². The van der Waals surface area contributed by atoms with Gasteiger partial charge in [0.2, 0.25) is 0 Å². The number of carbonyl (C=O) groups excluding carboxylic acids is 1. The fourth-order valence-corrected chi connectivity index (χ4v) is 3.79. The lowest BCUT2D eigenvalue weighted by Gasteiger charge is -2.51. The second-order valence-corrected chi connectivity index (χ2v) is 7.48. The van der Waals surface area contributed by atoms with E-state index in [1.165, 1.54) is 12.8 Å². The highest BCUT2D eigenvalue weighted by Gasteiger charge is 2.48. The molecule has 0 aromatic carbocycles. The molecule has 1 atom stereocenters. The molecule has 3 rings (SSSR count). The van der Waals surface area contributed by atoms with Gasteiger partial charge in [-0.25, -0.2) is 0 Å². The van der Waals surface area contributed by atoms with Gasteiger partial charge in [-0.05, 0) is 57.1 Å². The molecule has 3 heteroatoms. The number of hydrogen-bond acceptors (Lipinski definition) is 3. The van der Waals surface area contributed by atoms with Crippen molar-refractivity contribution in [2.45, 2.75) is 69.9 Å². The van der Waals surface area contributed by atoms with E-state index in [0.29, 0.717) is 0 Å². The Bertz CT molecular complexity index is 522. The largest absolute Gasteiger partial charge is 0.495 e. The van der Waals surface area contributed by atoms with Gasteiger partial charge in [0.1, 0.15) is 17.6 Å². The average Bonchev–Trinajstić information content (AvgIpc) is 3.27. The lowest BCUT2D eigenvalue weighted by atomic mass is 9.82. The molecular formula is C20H29NO2. The Morgan fingerprint density at radius 1 is 1.35 bits per heavy atom. The fourth-order valence-electron chi connectivity index (χ4n) is 3.79. The maximum absolute atomic E-state index is 12.0. The van der Waals surface area contributed by atoms with Crippen LogP contribution in [0, 0.1) is 5.92 Å². The normalized spacial score (nSPS) is 28.8. The van der Waals surface area contributed by atoms with Crippen LogP contribution in [0.15, 0.2) is 36.3 Å². The summed E-state index contributed by atoms with van der Waals surface area (Å²) in [5, 5.41) is 0. The lowest BCUT2D eigenvalue weighted by molar-refractivity contribution is -0.120. The first-order valence-corrected chi connectivity index (χ1v) is 9.07. The molecule has 0 bridgehead atoms. The van der Waals surface area contributed by atoms with Gasteiger partial charge in [0, 0.05) is 6.20 Å². The smallest absolute Gasteiger partial charge is 0.146 e. The van der Waals surface area contributed by atoms with E-state index in [9.17, 15) is 4.79 Å². The van der Waals surface area contributed by atoms with Crippen LogP contribution in [0.3, 0.4) is 0 Å². The number of carbonyl (C=O) groups is 1. The third-order valence-corrected chi connectivity index (χ3v) is 5.54. The summed E-state index contributed by atoms with van der Waals surface area (Å²) in [7, 11) is 0. The average molecular weight is 315 g/mol. The van der Waals surface area contributed by atoms with E-state index in [-0.39, 0.29) is 5.54 Å². The van der Waals surface area contributed by atoms with Crippen LogP contribution in [0.2, 0.25) is 0 Å². The number of rotatable bonds is 8. The first-order valence-electron chi connectivity index (χ1n) is 9.07. The molecule has 2 aliphatic carbocycles. The summed E-state index contributed by atoms with van der Waals surface area (Å²) >= 11 is 0. The van der Waals surface area contributed by atoms with Gasteiger partial charge >= 0.3 is 0 Å². The van der Waals surface area contributed by atoms with Crippen molar-refractivity contribution in [3.05, 3.63) is 36.3 Å². The minimum Gasteiger partial charge on any atom is -0.495 e. The lowest BCUT2D eigenvalue weighted by Crippen LogP contribution is -2.58. The molecule has 3 aliphatic rings. The van der Waals surface area contributed by atoms with E-state index in [1.54, 1.807) is 0 Å². The topological polar surface area (TPSA) is 29.5 Å². The van der Waals surface area contributed by atoms with Crippen molar-refractivity contribution in [3.63, 3.8) is 0 Å². The summed E-state index contributed by atoms with van der Waals surface area (Å²) in [6.07, 6.45) is 19.1. The maximum Gasteiger partial charge on any atom is 0.146 e. The van der Waals surface area contributed by atoms with Crippen LogP contribution in [0.4, 0.5) is 0 Å². The van der Waals surface area contributed by atoms with Gasteiger partial charge in [-0.15, -0.1) is 0 Å². The number of hydrogen-bond donors (Lipinski definition) is 0. The second-order valence-electron chi connectivity index (χ2n) is 7.48. The van der Waals surface area contributed by atoms with E-state index in [4.69, 9.17) is 4.74 Å². The first-order chi connectivity index (χ1) is 11.1. The minimum absolute atomic E-state index is 0.230. The van der Waals surface area contributed by atoms with Crippen LogP contribution < -0.4 is 0 Å². The highest BCUT2D eigenvalue weighted by molar-refractivity contribution is 5.67. The number of nitrogens with zero attached hydrogens (tertiary/aromatic N) is 1. The zero-order chi connectivity index (χ0) is 16.3. The molecule has 0 aromatic rings. The quantitative estimate of drug-likeness (QED) is 0.492. The third kappa shape index (κ3) is 3.11. The number of ether oxygens (including phenoxy) is 1. The number of unbranched alkanes of at least 4 members (excludes halogenated alkanes) is 1. The van der Waals surface area contributed by atoms with Crippen molar-refractivity contribution in [1.82, 2.24) is 4.90 Å². The highest BCUT2D eigenvalue weighted by Crippen LogP contribution is 2.43.